The van der Waals surface area contributed by atoms with Gasteiger partial charge in [0.2, 0.25) is 0 Å². The van der Waals surface area contributed by atoms with Gasteiger partial charge in [0, 0.05) is 17.2 Å². The maximum Gasteiger partial charge on any atom is 0.416 e. The van der Waals surface area contributed by atoms with Gasteiger partial charge in [0.05, 0.1) is 18.6 Å². The van der Waals surface area contributed by atoms with Crippen molar-refractivity contribution in [1.82, 2.24) is 5.32 Å². The van der Waals surface area contributed by atoms with E-state index >= 15 is 0 Å². The second-order valence-corrected chi connectivity index (χ2v) is 7.11. The molecule has 0 radical (unpaired) electrons. The van der Waals surface area contributed by atoms with Crippen molar-refractivity contribution >= 4 is 11.9 Å². The van der Waals surface area contributed by atoms with Gasteiger partial charge < -0.3 is 10.1 Å². The van der Waals surface area contributed by atoms with Crippen LogP contribution < -0.4 is 5.32 Å². The lowest BCUT2D eigenvalue weighted by atomic mass is 9.85. The molecule has 31 heavy (non-hydrogen) atoms. The van der Waals surface area contributed by atoms with Crippen LogP contribution in [0.4, 0.5) is 22.0 Å². The molecule has 0 saturated heterocycles. The van der Waals surface area contributed by atoms with E-state index in [1.54, 1.807) is 18.2 Å². The number of carbonyl (C=O) groups is 2. The number of hydrogen-bond donors (Lipinski definition) is 1. The molecule has 1 amide bonds. The highest BCUT2D eigenvalue weighted by Gasteiger charge is 2.36. The normalized spacial score (nSPS) is 19.2. The number of hydrogen-bond acceptors (Lipinski definition) is 3. The Labute approximate surface area is 174 Å². The van der Waals surface area contributed by atoms with E-state index in [2.05, 4.69) is 5.32 Å². The Morgan fingerprint density at radius 2 is 1.81 bits per heavy atom. The number of ether oxygens (including phenoxy) is 1. The smallest absolute Gasteiger partial charge is 0.416 e. The van der Waals surface area contributed by atoms with Gasteiger partial charge in [-0.2, -0.15) is 13.2 Å². The summed E-state index contributed by atoms with van der Waals surface area (Å²) in [6.07, 6.45) is -1.45. The Morgan fingerprint density at radius 1 is 1.10 bits per heavy atom. The molecule has 4 nitrogen and oxygen atoms in total. The van der Waals surface area contributed by atoms with Crippen LogP contribution in [-0.4, -0.2) is 25.0 Å². The predicted octanol–water partition coefficient (Wildman–Crippen LogP) is 4.61. The van der Waals surface area contributed by atoms with E-state index in [4.69, 9.17) is 4.74 Å². The lowest BCUT2D eigenvalue weighted by Gasteiger charge is -2.22. The SMILES string of the molecule is COC(=O)[C@H](c1ccccc1F)[C@@H]1C=C[C@@H](NC(=O)c2cc(F)cc(C(F)(F)F)c2)C1. The number of alkyl halides is 3. The van der Waals surface area contributed by atoms with Crippen molar-refractivity contribution in [1.29, 1.82) is 0 Å². The molecule has 0 spiro atoms. The fraction of sp³-hybridized carbons (Fsp3) is 0.273. The number of esters is 1. The fourth-order valence-electron chi connectivity index (χ4n) is 3.60. The molecule has 3 atom stereocenters. The van der Waals surface area contributed by atoms with Crippen LogP contribution in [0.1, 0.15) is 33.8 Å². The minimum atomic E-state index is -4.80. The van der Waals surface area contributed by atoms with E-state index in [1.807, 2.05) is 0 Å². The van der Waals surface area contributed by atoms with Crippen LogP contribution in [0, 0.1) is 17.6 Å². The summed E-state index contributed by atoms with van der Waals surface area (Å²) in [4.78, 5) is 24.7. The molecule has 0 aliphatic heterocycles. The number of halogens is 5. The molecule has 0 heterocycles. The first kappa shape index (κ1) is 22.5. The zero-order valence-corrected chi connectivity index (χ0v) is 16.2. The van der Waals surface area contributed by atoms with Crippen molar-refractivity contribution in [3.8, 4) is 0 Å². The first-order chi connectivity index (χ1) is 14.6. The zero-order chi connectivity index (χ0) is 22.8. The third kappa shape index (κ3) is 5.10. The number of methoxy groups -OCH3 is 1. The van der Waals surface area contributed by atoms with Crippen LogP contribution in [0.15, 0.2) is 54.6 Å². The van der Waals surface area contributed by atoms with Gasteiger partial charge in [-0.1, -0.05) is 30.4 Å². The van der Waals surface area contributed by atoms with Crippen molar-refractivity contribution in [2.75, 3.05) is 7.11 Å². The molecule has 164 valence electrons. The Morgan fingerprint density at radius 3 is 2.45 bits per heavy atom. The van der Waals surface area contributed by atoms with Gasteiger partial charge in [0.25, 0.3) is 5.91 Å². The zero-order valence-electron chi connectivity index (χ0n) is 16.2. The third-order valence-corrected chi connectivity index (χ3v) is 5.04. The number of benzene rings is 2. The van der Waals surface area contributed by atoms with Crippen molar-refractivity contribution in [2.24, 2.45) is 5.92 Å². The summed E-state index contributed by atoms with van der Waals surface area (Å²) in [5.41, 5.74) is -1.62. The minimum Gasteiger partial charge on any atom is -0.469 e. The van der Waals surface area contributed by atoms with E-state index in [1.165, 1.54) is 25.3 Å². The van der Waals surface area contributed by atoms with E-state index in [9.17, 15) is 31.5 Å². The second-order valence-electron chi connectivity index (χ2n) is 7.11. The first-order valence-electron chi connectivity index (χ1n) is 9.29. The molecule has 2 aromatic rings. The molecule has 0 saturated carbocycles. The summed E-state index contributed by atoms with van der Waals surface area (Å²) < 4.78 is 71.3. The Bertz CT molecular complexity index is 1020. The number of amides is 1. The minimum absolute atomic E-state index is 0.135. The molecule has 0 fully saturated rings. The van der Waals surface area contributed by atoms with Crippen molar-refractivity contribution in [2.45, 2.75) is 24.6 Å². The summed E-state index contributed by atoms with van der Waals surface area (Å²) in [5, 5.41) is 2.50. The fourth-order valence-corrected chi connectivity index (χ4v) is 3.60. The van der Waals surface area contributed by atoms with Crippen LogP contribution in [0.25, 0.3) is 0 Å². The molecule has 0 aromatic heterocycles. The molecule has 3 rings (SSSR count). The van der Waals surface area contributed by atoms with E-state index in [-0.39, 0.29) is 12.0 Å². The Hall–Kier alpha value is -3.23. The Balaban J connectivity index is 1.76. The molecule has 1 aliphatic rings. The van der Waals surface area contributed by atoms with Crippen molar-refractivity contribution < 1.29 is 36.3 Å². The molecular weight excluding hydrogens is 421 g/mol. The van der Waals surface area contributed by atoms with Crippen LogP contribution >= 0.6 is 0 Å². The average molecular weight is 439 g/mol. The molecular formula is C22H18F5NO3. The summed E-state index contributed by atoms with van der Waals surface area (Å²) in [7, 11) is 1.18. The van der Waals surface area contributed by atoms with Gasteiger partial charge in [-0.05, 0) is 36.6 Å². The second kappa shape index (κ2) is 8.87. The van der Waals surface area contributed by atoms with Gasteiger partial charge in [0.15, 0.2) is 0 Å². The van der Waals surface area contributed by atoms with Crippen LogP contribution in [0.5, 0.6) is 0 Å². The topological polar surface area (TPSA) is 55.4 Å². The van der Waals surface area contributed by atoms with Gasteiger partial charge in [0.1, 0.15) is 11.6 Å². The van der Waals surface area contributed by atoms with Crippen molar-refractivity contribution in [3.05, 3.63) is 82.9 Å². The summed E-state index contributed by atoms with van der Waals surface area (Å²) in [6, 6.07) is 6.66. The summed E-state index contributed by atoms with van der Waals surface area (Å²) in [6.45, 7) is 0. The van der Waals surface area contributed by atoms with Crippen LogP contribution in [0.2, 0.25) is 0 Å². The molecule has 0 bridgehead atoms. The molecule has 2 aromatic carbocycles. The first-order valence-corrected chi connectivity index (χ1v) is 9.29. The number of carbonyl (C=O) groups excluding carboxylic acids is 2. The lowest BCUT2D eigenvalue weighted by Crippen LogP contribution is -2.34. The Kier molecular flexibility index (Phi) is 6.42. The molecule has 9 heteroatoms. The number of rotatable bonds is 5. The van der Waals surface area contributed by atoms with E-state index in [0.29, 0.717) is 18.2 Å². The number of allylic oxidation sites excluding steroid dienone is 1. The van der Waals surface area contributed by atoms with Gasteiger partial charge in [-0.25, -0.2) is 8.78 Å². The third-order valence-electron chi connectivity index (χ3n) is 5.04. The lowest BCUT2D eigenvalue weighted by molar-refractivity contribution is -0.143. The van der Waals surface area contributed by atoms with Crippen LogP contribution in [0.3, 0.4) is 0 Å². The highest BCUT2D eigenvalue weighted by molar-refractivity contribution is 5.94. The highest BCUT2D eigenvalue weighted by Crippen LogP contribution is 2.36. The monoisotopic (exact) mass is 439 g/mol. The average Bonchev–Trinajstić information content (AvgIpc) is 3.16. The van der Waals surface area contributed by atoms with E-state index < -0.39 is 58.7 Å². The highest BCUT2D eigenvalue weighted by atomic mass is 19.4. The number of nitrogens with one attached hydrogen (secondary N) is 1. The molecule has 1 N–H and O–H groups in total. The van der Waals surface area contributed by atoms with Gasteiger partial charge >= 0.3 is 12.1 Å². The molecule has 1 aliphatic carbocycles. The van der Waals surface area contributed by atoms with Crippen LogP contribution in [-0.2, 0) is 15.7 Å². The molecule has 0 unspecified atom stereocenters. The van der Waals surface area contributed by atoms with Crippen molar-refractivity contribution in [3.63, 3.8) is 0 Å². The maximum absolute atomic E-state index is 14.3. The predicted molar refractivity (Wildman–Crippen MR) is 101 cm³/mol. The van der Waals surface area contributed by atoms with Gasteiger partial charge in [-0.3, -0.25) is 9.59 Å². The van der Waals surface area contributed by atoms with E-state index in [0.717, 1.165) is 0 Å². The largest absolute Gasteiger partial charge is 0.469 e. The quantitative estimate of drug-likeness (QED) is 0.421. The standard InChI is InChI=1S/C22H18F5NO3/c1-31-21(30)19(17-4-2-3-5-18(17)24)12-6-7-16(10-12)28-20(29)13-8-14(22(25,26)27)11-15(23)9-13/h2-9,11-12,16,19H,10H2,1H3,(H,28,29)/t12-,16-,19+/m1/s1. The summed E-state index contributed by atoms with van der Waals surface area (Å²) in [5.74, 6) is -4.82. The summed E-state index contributed by atoms with van der Waals surface area (Å²) >= 11 is 0. The maximum atomic E-state index is 14.3. The van der Waals surface area contributed by atoms with Gasteiger partial charge in [-0.15, -0.1) is 0 Å².